The molecule has 1 aliphatic rings. The summed E-state index contributed by atoms with van der Waals surface area (Å²) in [6, 6.07) is 60.0. The Morgan fingerprint density at radius 1 is 0.224 bits per heavy atom. The van der Waals surface area contributed by atoms with Gasteiger partial charge < -0.3 is 19.9 Å². The van der Waals surface area contributed by atoms with Gasteiger partial charge in [0.05, 0.1) is 0 Å². The molecule has 9 rings (SSSR count). The molecule has 0 aliphatic carbocycles. The normalized spacial score (nSPS) is 12.6. The van der Waals surface area contributed by atoms with Gasteiger partial charge in [0.25, 0.3) is 0 Å². The van der Waals surface area contributed by atoms with E-state index in [1.807, 2.05) is 0 Å². The molecule has 8 bridgehead atoms. The number of hydrogen-bond acceptors (Lipinski definition) is 0. The molecule has 0 amide bonds. The predicted molar refractivity (Wildman–Crippen MR) is 194 cm³/mol. The van der Waals surface area contributed by atoms with Crippen LogP contribution in [0.4, 0.5) is 0 Å². The smallest absolute Gasteiger partial charge is 0.0485 e. The Balaban J connectivity index is 0.00000348. The van der Waals surface area contributed by atoms with E-state index in [-0.39, 0.29) is 19.5 Å². The van der Waals surface area contributed by atoms with E-state index in [0.717, 1.165) is 88.7 Å². The summed E-state index contributed by atoms with van der Waals surface area (Å²) in [4.78, 5) is 15.4. The summed E-state index contributed by atoms with van der Waals surface area (Å²) in [7, 11) is 0. The Labute approximate surface area is 296 Å². The largest absolute Gasteiger partial charge is 0.354 e. The number of aromatic amines is 4. The van der Waals surface area contributed by atoms with E-state index in [9.17, 15) is 0 Å². The van der Waals surface area contributed by atoms with Crippen molar-refractivity contribution in [3.8, 4) is 0 Å². The van der Waals surface area contributed by atoms with Crippen LogP contribution in [0.25, 0.3) is 22.3 Å². The van der Waals surface area contributed by atoms with Gasteiger partial charge in [-0.25, -0.2) is 0 Å². The zero-order valence-electron chi connectivity index (χ0n) is 26.5. The monoisotopic (exact) mass is 719 g/mol. The minimum atomic E-state index is 0. The number of nitrogens with one attached hydrogen (secondary N) is 4. The molecule has 0 spiro atoms. The zero-order valence-corrected chi connectivity index (χ0v) is 28.1. The minimum absolute atomic E-state index is 0. The molecule has 237 valence electrons. The van der Waals surface area contributed by atoms with E-state index in [2.05, 4.69) is 190 Å². The van der Waals surface area contributed by atoms with E-state index < -0.39 is 0 Å². The summed E-state index contributed by atoms with van der Waals surface area (Å²) >= 11 is 0. The van der Waals surface area contributed by atoms with E-state index in [1.54, 1.807) is 0 Å². The van der Waals surface area contributed by atoms with Gasteiger partial charge in [0.2, 0.25) is 0 Å². The number of aromatic nitrogens is 4. The first-order valence-corrected chi connectivity index (χ1v) is 16.3. The molecular formula is C44H32N4Rh. The molecule has 0 fully saturated rings. The van der Waals surface area contributed by atoms with Gasteiger partial charge >= 0.3 is 0 Å². The quantitative estimate of drug-likeness (QED) is 0.155. The third kappa shape index (κ3) is 5.59. The molecule has 4 aromatic heterocycles. The maximum absolute atomic E-state index is 3.84. The van der Waals surface area contributed by atoms with E-state index >= 15 is 0 Å². The van der Waals surface area contributed by atoms with Crippen LogP contribution in [0.15, 0.2) is 170 Å². The summed E-state index contributed by atoms with van der Waals surface area (Å²) in [6.45, 7) is 0. The second-order valence-electron chi connectivity index (χ2n) is 12.1. The average Bonchev–Trinajstić information content (AvgIpc) is 3.98. The first-order valence-electron chi connectivity index (χ1n) is 16.3. The van der Waals surface area contributed by atoms with E-state index in [0.29, 0.717) is 0 Å². The Morgan fingerprint density at radius 2 is 0.449 bits per heavy atom. The third-order valence-corrected chi connectivity index (χ3v) is 9.15. The molecule has 1 aliphatic heterocycles. The van der Waals surface area contributed by atoms with Crippen molar-refractivity contribution in [1.82, 2.24) is 19.9 Å². The fraction of sp³-hybridized carbons (Fsp3) is 0. The Hall–Kier alpha value is -5.90. The van der Waals surface area contributed by atoms with Gasteiger partial charge in [0, 0.05) is 85.9 Å². The van der Waals surface area contributed by atoms with Gasteiger partial charge in [-0.15, -0.1) is 0 Å². The van der Waals surface area contributed by atoms with Gasteiger partial charge in [-0.1, -0.05) is 121 Å². The Kier molecular flexibility index (Phi) is 8.05. The van der Waals surface area contributed by atoms with Gasteiger partial charge in [0.1, 0.15) is 0 Å². The molecule has 5 heterocycles. The van der Waals surface area contributed by atoms with Crippen LogP contribution in [-0.2, 0) is 19.5 Å². The number of H-pyrrole nitrogens is 4. The van der Waals surface area contributed by atoms with Gasteiger partial charge in [-0.2, -0.15) is 0 Å². The van der Waals surface area contributed by atoms with Gasteiger partial charge in [-0.05, 0) is 70.8 Å². The van der Waals surface area contributed by atoms with Crippen molar-refractivity contribution in [3.05, 3.63) is 236 Å². The predicted octanol–water partition coefficient (Wildman–Crippen LogP) is 6.30. The summed E-state index contributed by atoms with van der Waals surface area (Å²) in [5.74, 6) is 0. The fourth-order valence-electron chi connectivity index (χ4n) is 6.99. The van der Waals surface area contributed by atoms with Crippen molar-refractivity contribution in [3.63, 3.8) is 0 Å². The Bertz CT molecular complexity index is 2280. The molecule has 0 atom stereocenters. The maximum atomic E-state index is 3.84. The number of rotatable bonds is 4. The van der Waals surface area contributed by atoms with Gasteiger partial charge in [-0.3, -0.25) is 0 Å². The average molecular weight is 720 g/mol. The van der Waals surface area contributed by atoms with Crippen molar-refractivity contribution in [2.75, 3.05) is 0 Å². The number of hydrogen-bond donors (Lipinski definition) is 4. The van der Waals surface area contributed by atoms with Crippen LogP contribution < -0.4 is 21.4 Å². The molecular weight excluding hydrogens is 687 g/mol. The molecule has 0 saturated carbocycles. The second kappa shape index (κ2) is 13.0. The molecule has 1 radical (unpaired) electrons. The van der Waals surface area contributed by atoms with Crippen molar-refractivity contribution in [2.45, 2.75) is 0 Å². The zero-order chi connectivity index (χ0) is 31.9. The first-order chi connectivity index (χ1) is 23.8. The van der Waals surface area contributed by atoms with Crippen molar-refractivity contribution in [2.24, 2.45) is 0 Å². The first kappa shape index (κ1) is 30.4. The van der Waals surface area contributed by atoms with E-state index in [4.69, 9.17) is 0 Å². The van der Waals surface area contributed by atoms with Crippen LogP contribution in [-0.4, -0.2) is 19.9 Å². The van der Waals surface area contributed by atoms with Crippen LogP contribution in [0.3, 0.4) is 0 Å². The Morgan fingerprint density at radius 3 is 0.673 bits per heavy atom. The molecule has 0 unspecified atom stereocenters. The summed E-state index contributed by atoms with van der Waals surface area (Å²) < 4.78 is 0. The topological polar surface area (TPSA) is 63.2 Å². The molecule has 0 saturated heterocycles. The van der Waals surface area contributed by atoms with Crippen LogP contribution in [0.5, 0.6) is 0 Å². The van der Waals surface area contributed by atoms with Crippen molar-refractivity contribution in [1.29, 1.82) is 0 Å². The number of benzene rings is 4. The third-order valence-electron chi connectivity index (χ3n) is 9.15. The van der Waals surface area contributed by atoms with Crippen molar-refractivity contribution < 1.29 is 19.5 Å². The van der Waals surface area contributed by atoms with E-state index in [1.165, 1.54) is 0 Å². The summed E-state index contributed by atoms with van der Waals surface area (Å²) in [5, 5.41) is 4.16. The van der Waals surface area contributed by atoms with Crippen LogP contribution in [0.1, 0.15) is 45.0 Å². The molecule has 4 nitrogen and oxygen atoms in total. The molecule has 5 heteroatoms. The van der Waals surface area contributed by atoms with Crippen LogP contribution in [0, 0.1) is 0 Å². The summed E-state index contributed by atoms with van der Waals surface area (Å²) in [5.41, 5.74) is 13.1. The van der Waals surface area contributed by atoms with Crippen LogP contribution in [0.2, 0.25) is 0 Å². The SMILES string of the molecule is [Rh].c1ccc(C2=c3ccc([nH]3)=C(c3ccccc3)c3ccc([nH]3)C(c3ccccc3)=c3ccc([nH]3)=C(c3ccccc3)c3ccc2[nH]3)cc1. The van der Waals surface area contributed by atoms with Crippen LogP contribution >= 0.6 is 0 Å². The fourth-order valence-corrected chi connectivity index (χ4v) is 6.99. The summed E-state index contributed by atoms with van der Waals surface area (Å²) in [6.07, 6.45) is 0. The number of fused-ring (bicyclic) bond motifs is 8. The van der Waals surface area contributed by atoms with Crippen molar-refractivity contribution >= 4 is 22.3 Å². The van der Waals surface area contributed by atoms with Gasteiger partial charge in [0.15, 0.2) is 0 Å². The second-order valence-corrected chi connectivity index (χ2v) is 12.1. The molecule has 4 N–H and O–H groups in total. The molecule has 8 aromatic rings. The minimum Gasteiger partial charge on any atom is -0.354 e. The maximum Gasteiger partial charge on any atom is 0.0485 e. The molecule has 4 aromatic carbocycles. The molecule has 49 heavy (non-hydrogen) atoms. The standard InChI is InChI=1S/C44H32N4.Rh/c1-5-13-29(14-6-1)41-33-21-23-35(45-33)42(30-15-7-2-8-16-30)37-25-27-39(47-37)44(32-19-11-4-12-20-32)40-28-26-38(48-40)43(31-17-9-3-10-18-31)36-24-22-34(41)46-36;/h1-28,45-48H;.